The van der Waals surface area contributed by atoms with Crippen molar-refractivity contribution in [1.29, 1.82) is 0 Å². The van der Waals surface area contributed by atoms with Gasteiger partial charge in [-0.05, 0) is 41.8 Å². The highest BCUT2D eigenvalue weighted by Gasteiger charge is 2.30. The van der Waals surface area contributed by atoms with Crippen LogP contribution in [0.2, 0.25) is 0 Å². The Morgan fingerprint density at radius 1 is 1.04 bits per heavy atom. The van der Waals surface area contributed by atoms with Crippen molar-refractivity contribution in [3.63, 3.8) is 0 Å². The van der Waals surface area contributed by atoms with Crippen LogP contribution in [0.4, 0.5) is 18.9 Å². The number of aliphatic hydroxyl groups is 1. The molecule has 0 aliphatic heterocycles. The molecule has 0 unspecified atom stereocenters. The first-order valence-corrected chi connectivity index (χ1v) is 7.47. The summed E-state index contributed by atoms with van der Waals surface area (Å²) in [7, 11) is 0. The van der Waals surface area contributed by atoms with Crippen LogP contribution in [0.5, 0.6) is 5.75 Å². The maximum absolute atomic E-state index is 12.1. The van der Waals surface area contributed by atoms with E-state index in [0.29, 0.717) is 18.7 Å². The third-order valence-electron chi connectivity index (χ3n) is 3.25. The third-order valence-corrected chi connectivity index (χ3v) is 3.25. The van der Waals surface area contributed by atoms with Crippen LogP contribution in [0.1, 0.15) is 11.1 Å². The maximum atomic E-state index is 12.1. The Hall–Kier alpha value is -2.74. The summed E-state index contributed by atoms with van der Waals surface area (Å²) >= 11 is 0. The molecule has 0 aliphatic carbocycles. The van der Waals surface area contributed by atoms with E-state index < -0.39 is 6.36 Å². The Kier molecular flexibility index (Phi) is 6.24. The predicted molar refractivity (Wildman–Crippen MR) is 89.3 cm³/mol. The number of hydrogen-bond donors (Lipinski definition) is 3. The molecule has 0 aromatic heterocycles. The number of hydrogen-bond acceptors (Lipinski definition) is 3. The number of nitrogens with two attached hydrogens (primary N) is 1. The number of alkyl halides is 3. The second-order valence-corrected chi connectivity index (χ2v) is 5.19. The molecule has 2 rings (SSSR count). The molecule has 0 radical (unpaired) electrons. The van der Waals surface area contributed by atoms with Crippen molar-refractivity contribution in [2.45, 2.75) is 19.4 Å². The Morgan fingerprint density at radius 3 is 2.20 bits per heavy atom. The maximum Gasteiger partial charge on any atom is 0.573 e. The minimum absolute atomic E-state index is 0.00208. The van der Waals surface area contributed by atoms with Crippen LogP contribution < -0.4 is 15.8 Å². The van der Waals surface area contributed by atoms with Crippen LogP contribution in [0.3, 0.4) is 0 Å². The lowest BCUT2D eigenvalue weighted by Gasteiger charge is -2.10. The summed E-state index contributed by atoms with van der Waals surface area (Å²) in [6.07, 6.45) is -4.04. The number of halogens is 3. The van der Waals surface area contributed by atoms with E-state index in [1.807, 2.05) is 24.3 Å². The largest absolute Gasteiger partial charge is 0.573 e. The summed E-state index contributed by atoms with van der Waals surface area (Å²) in [5.41, 5.74) is 8.15. The normalized spacial score (nSPS) is 12.1. The van der Waals surface area contributed by atoms with E-state index in [1.165, 1.54) is 24.3 Å². The molecule has 0 fully saturated rings. The minimum Gasteiger partial charge on any atom is -0.406 e. The number of nitrogens with one attached hydrogen (secondary N) is 1. The number of rotatable bonds is 6. The first-order valence-electron chi connectivity index (χ1n) is 7.47. The standard InChI is InChI=1S/C17H18F3N3O2/c18-17(19,20)25-15-7-5-14(6-8-15)23-16(21)22-10-9-12-1-3-13(11-24)4-2-12/h1-8,24H,9-11H2,(H3,21,22,23). The highest BCUT2D eigenvalue weighted by atomic mass is 19.4. The molecule has 0 heterocycles. The minimum atomic E-state index is -4.72. The number of guanidine groups is 1. The van der Waals surface area contributed by atoms with Gasteiger partial charge in [-0.3, -0.25) is 4.99 Å². The Balaban J connectivity index is 1.83. The SMILES string of the molecule is NC(=NCCc1ccc(CO)cc1)Nc1ccc(OC(F)(F)F)cc1. The molecule has 25 heavy (non-hydrogen) atoms. The summed E-state index contributed by atoms with van der Waals surface area (Å²) in [6.45, 7) is 0.453. The predicted octanol–water partition coefficient (Wildman–Crippen LogP) is 3.05. The van der Waals surface area contributed by atoms with Gasteiger partial charge in [-0.2, -0.15) is 0 Å². The van der Waals surface area contributed by atoms with E-state index in [1.54, 1.807) is 0 Å². The van der Waals surface area contributed by atoms with Gasteiger partial charge in [0, 0.05) is 12.2 Å². The average Bonchev–Trinajstić information content (AvgIpc) is 2.56. The fourth-order valence-electron chi connectivity index (χ4n) is 2.04. The van der Waals surface area contributed by atoms with Crippen molar-refractivity contribution in [2.75, 3.05) is 11.9 Å². The highest BCUT2D eigenvalue weighted by Crippen LogP contribution is 2.23. The molecule has 134 valence electrons. The zero-order valence-electron chi connectivity index (χ0n) is 13.3. The van der Waals surface area contributed by atoms with Gasteiger partial charge in [0.15, 0.2) is 5.96 Å². The summed E-state index contributed by atoms with van der Waals surface area (Å²) in [5, 5.41) is 11.8. The molecule has 0 aliphatic rings. The Morgan fingerprint density at radius 2 is 1.64 bits per heavy atom. The number of aliphatic hydroxyl groups excluding tert-OH is 1. The molecule has 5 nitrogen and oxygen atoms in total. The number of benzene rings is 2. The number of nitrogens with zero attached hydrogens (tertiary/aromatic N) is 1. The lowest BCUT2D eigenvalue weighted by atomic mass is 10.1. The number of anilines is 1. The van der Waals surface area contributed by atoms with Crippen LogP contribution in [-0.2, 0) is 13.0 Å². The van der Waals surface area contributed by atoms with Gasteiger partial charge in [-0.25, -0.2) is 0 Å². The van der Waals surface area contributed by atoms with E-state index in [-0.39, 0.29) is 18.3 Å². The highest BCUT2D eigenvalue weighted by molar-refractivity contribution is 5.92. The molecule has 0 amide bonds. The number of aliphatic imine (C=N–C) groups is 1. The van der Waals surface area contributed by atoms with Crippen molar-refractivity contribution in [3.8, 4) is 5.75 Å². The first kappa shape index (κ1) is 18.6. The summed E-state index contributed by atoms with van der Waals surface area (Å²) < 4.78 is 40.0. The van der Waals surface area contributed by atoms with Gasteiger partial charge in [0.25, 0.3) is 0 Å². The van der Waals surface area contributed by atoms with E-state index in [0.717, 1.165) is 11.1 Å². The molecule has 0 atom stereocenters. The van der Waals surface area contributed by atoms with Crippen LogP contribution in [0, 0.1) is 0 Å². The summed E-state index contributed by atoms with van der Waals surface area (Å²) in [5.74, 6) is -0.142. The topological polar surface area (TPSA) is 79.9 Å². The van der Waals surface area contributed by atoms with E-state index in [4.69, 9.17) is 10.8 Å². The fraction of sp³-hybridized carbons (Fsp3) is 0.235. The molecule has 0 bridgehead atoms. The van der Waals surface area contributed by atoms with Crippen molar-refractivity contribution >= 4 is 11.6 Å². The van der Waals surface area contributed by atoms with Gasteiger partial charge in [0.2, 0.25) is 0 Å². The molecular formula is C17H18F3N3O2. The molecule has 4 N–H and O–H groups in total. The molecule has 2 aromatic carbocycles. The van der Waals surface area contributed by atoms with Crippen LogP contribution in [0.25, 0.3) is 0 Å². The number of ether oxygens (including phenoxy) is 1. The van der Waals surface area contributed by atoms with Crippen molar-refractivity contribution in [1.82, 2.24) is 0 Å². The van der Waals surface area contributed by atoms with E-state index in [2.05, 4.69) is 15.0 Å². The quantitative estimate of drug-likeness (QED) is 0.551. The lowest BCUT2D eigenvalue weighted by Crippen LogP contribution is -2.23. The second kappa shape index (κ2) is 8.39. The third kappa shape index (κ3) is 6.72. The monoisotopic (exact) mass is 353 g/mol. The van der Waals surface area contributed by atoms with Gasteiger partial charge >= 0.3 is 6.36 Å². The van der Waals surface area contributed by atoms with Gasteiger partial charge < -0.3 is 20.9 Å². The van der Waals surface area contributed by atoms with Crippen LogP contribution >= 0.6 is 0 Å². The fourth-order valence-corrected chi connectivity index (χ4v) is 2.04. The summed E-state index contributed by atoms with van der Waals surface area (Å²) in [4.78, 5) is 4.16. The van der Waals surface area contributed by atoms with Crippen molar-refractivity contribution in [3.05, 3.63) is 59.7 Å². The van der Waals surface area contributed by atoms with E-state index in [9.17, 15) is 13.2 Å². The second-order valence-electron chi connectivity index (χ2n) is 5.19. The lowest BCUT2D eigenvalue weighted by molar-refractivity contribution is -0.274. The van der Waals surface area contributed by atoms with Crippen LogP contribution in [-0.4, -0.2) is 24.0 Å². The Labute approximate surface area is 143 Å². The molecule has 2 aromatic rings. The van der Waals surface area contributed by atoms with Gasteiger partial charge in [-0.15, -0.1) is 13.2 Å². The van der Waals surface area contributed by atoms with Gasteiger partial charge in [-0.1, -0.05) is 24.3 Å². The first-order chi connectivity index (χ1) is 11.9. The molecule has 0 spiro atoms. The van der Waals surface area contributed by atoms with Crippen LogP contribution in [0.15, 0.2) is 53.5 Å². The zero-order chi connectivity index (χ0) is 18.3. The molecular weight excluding hydrogens is 335 g/mol. The molecule has 8 heteroatoms. The zero-order valence-corrected chi connectivity index (χ0v) is 13.3. The summed E-state index contributed by atoms with van der Waals surface area (Å²) in [6, 6.07) is 12.7. The van der Waals surface area contributed by atoms with E-state index >= 15 is 0 Å². The van der Waals surface area contributed by atoms with Crippen molar-refractivity contribution in [2.24, 2.45) is 10.7 Å². The smallest absolute Gasteiger partial charge is 0.406 e. The van der Waals surface area contributed by atoms with Gasteiger partial charge in [0.1, 0.15) is 5.75 Å². The Bertz CT molecular complexity index is 699. The van der Waals surface area contributed by atoms with Gasteiger partial charge in [0.05, 0.1) is 6.61 Å². The molecule has 0 saturated heterocycles. The van der Waals surface area contributed by atoms with Crippen molar-refractivity contribution < 1.29 is 23.0 Å². The average molecular weight is 353 g/mol. The molecule has 0 saturated carbocycles.